The zero-order chi connectivity index (χ0) is 12.4. The number of benzene rings is 1. The average Bonchev–Trinajstić information content (AvgIpc) is 3.04. The van der Waals surface area contributed by atoms with Crippen molar-refractivity contribution in [2.45, 2.75) is 60.5 Å². The van der Waals surface area contributed by atoms with Gasteiger partial charge in [-0.3, -0.25) is 0 Å². The number of rotatable bonds is 4. The summed E-state index contributed by atoms with van der Waals surface area (Å²) in [4.78, 5) is 1.49. The quantitative estimate of drug-likeness (QED) is 0.676. The molecule has 2 aliphatic rings. The molecule has 0 saturated heterocycles. The minimum atomic E-state index is 0.428. The minimum Gasteiger partial charge on any atom is -0.123 e. The lowest BCUT2D eigenvalue weighted by Gasteiger charge is -2.18. The van der Waals surface area contributed by atoms with Crippen molar-refractivity contribution in [2.24, 2.45) is 5.92 Å². The second-order valence-electron chi connectivity index (χ2n) is 5.69. The molecule has 0 radical (unpaired) electrons. The molecule has 0 amide bonds. The van der Waals surface area contributed by atoms with Crippen LogP contribution < -0.4 is 0 Å². The summed E-state index contributed by atoms with van der Waals surface area (Å²) < 4.78 is 0. The summed E-state index contributed by atoms with van der Waals surface area (Å²) in [7, 11) is 0. The van der Waals surface area contributed by atoms with Crippen molar-refractivity contribution >= 4 is 23.4 Å². The van der Waals surface area contributed by atoms with E-state index in [0.717, 1.165) is 11.2 Å². The molecule has 1 saturated carbocycles. The molecule has 98 valence electrons. The second kappa shape index (κ2) is 5.88. The smallest absolute Gasteiger partial charge is 0.0364 e. The predicted molar refractivity (Wildman–Crippen MR) is 80.6 cm³/mol. The van der Waals surface area contributed by atoms with Gasteiger partial charge in [-0.15, -0.1) is 23.4 Å². The molecular formula is C16H21ClS. The Bertz CT molecular complexity index is 373. The highest BCUT2D eigenvalue weighted by atomic mass is 35.5. The van der Waals surface area contributed by atoms with Gasteiger partial charge in [0.05, 0.1) is 0 Å². The summed E-state index contributed by atoms with van der Waals surface area (Å²) in [5, 5.41) is 1.20. The van der Waals surface area contributed by atoms with Crippen LogP contribution in [0.15, 0.2) is 29.2 Å². The van der Waals surface area contributed by atoms with E-state index in [9.17, 15) is 0 Å². The molecule has 0 bridgehead atoms. The van der Waals surface area contributed by atoms with Crippen LogP contribution in [0.4, 0.5) is 0 Å². The fourth-order valence-corrected chi connectivity index (χ4v) is 5.03. The molecule has 1 aromatic rings. The topological polar surface area (TPSA) is 0 Å². The van der Waals surface area contributed by atoms with Crippen LogP contribution in [0.2, 0.25) is 0 Å². The second-order valence-corrected chi connectivity index (χ2v) is 7.59. The highest BCUT2D eigenvalue weighted by Crippen LogP contribution is 2.40. The van der Waals surface area contributed by atoms with Gasteiger partial charge >= 0.3 is 0 Å². The Balaban J connectivity index is 1.48. The zero-order valence-corrected chi connectivity index (χ0v) is 12.3. The summed E-state index contributed by atoms with van der Waals surface area (Å²) in [6.07, 6.45) is 9.27. The SMILES string of the molecule is ClC(CCC1Cc2ccccc2S1)C1CCCC1. The van der Waals surface area contributed by atoms with Gasteiger partial charge < -0.3 is 0 Å². The van der Waals surface area contributed by atoms with Gasteiger partial charge in [-0.25, -0.2) is 0 Å². The molecular weight excluding hydrogens is 260 g/mol. The molecule has 1 aliphatic heterocycles. The van der Waals surface area contributed by atoms with E-state index in [1.807, 2.05) is 0 Å². The van der Waals surface area contributed by atoms with Crippen molar-refractivity contribution in [3.8, 4) is 0 Å². The molecule has 1 fully saturated rings. The first-order valence-corrected chi connectivity index (χ1v) is 8.53. The maximum Gasteiger partial charge on any atom is 0.0364 e. The first-order valence-electron chi connectivity index (χ1n) is 7.21. The van der Waals surface area contributed by atoms with E-state index in [4.69, 9.17) is 11.6 Å². The van der Waals surface area contributed by atoms with Gasteiger partial charge in [-0.1, -0.05) is 31.0 Å². The Kier molecular flexibility index (Phi) is 4.20. The molecule has 0 aromatic heterocycles. The van der Waals surface area contributed by atoms with Gasteiger partial charge in [0.2, 0.25) is 0 Å². The van der Waals surface area contributed by atoms with Gasteiger partial charge in [0.25, 0.3) is 0 Å². The van der Waals surface area contributed by atoms with Crippen molar-refractivity contribution in [3.05, 3.63) is 29.8 Å². The molecule has 1 heterocycles. The van der Waals surface area contributed by atoms with Crippen molar-refractivity contribution in [1.29, 1.82) is 0 Å². The van der Waals surface area contributed by atoms with E-state index in [2.05, 4.69) is 36.0 Å². The maximum absolute atomic E-state index is 6.57. The lowest BCUT2D eigenvalue weighted by molar-refractivity contribution is 0.479. The third kappa shape index (κ3) is 2.88. The van der Waals surface area contributed by atoms with E-state index < -0.39 is 0 Å². The molecule has 1 aliphatic carbocycles. The van der Waals surface area contributed by atoms with Gasteiger partial charge in [0.15, 0.2) is 0 Å². The van der Waals surface area contributed by atoms with Crippen LogP contribution in [0.1, 0.15) is 44.1 Å². The molecule has 3 rings (SSSR count). The number of halogens is 1. The standard InChI is InChI=1S/C16H21ClS/c17-15(12-5-1-2-6-12)10-9-14-11-13-7-3-4-8-16(13)18-14/h3-4,7-8,12,14-15H,1-2,5-6,9-11H2. The third-order valence-electron chi connectivity index (χ3n) is 4.39. The van der Waals surface area contributed by atoms with Crippen LogP contribution in [0.25, 0.3) is 0 Å². The monoisotopic (exact) mass is 280 g/mol. The van der Waals surface area contributed by atoms with Gasteiger partial charge in [-0.05, 0) is 49.7 Å². The van der Waals surface area contributed by atoms with E-state index in [-0.39, 0.29) is 0 Å². The van der Waals surface area contributed by atoms with Crippen LogP contribution in [0, 0.1) is 5.92 Å². The number of fused-ring (bicyclic) bond motifs is 1. The zero-order valence-electron chi connectivity index (χ0n) is 10.8. The Morgan fingerprint density at radius 1 is 1.22 bits per heavy atom. The van der Waals surface area contributed by atoms with Crippen LogP contribution in [-0.4, -0.2) is 10.6 Å². The minimum absolute atomic E-state index is 0.428. The molecule has 2 atom stereocenters. The molecule has 0 spiro atoms. The van der Waals surface area contributed by atoms with Crippen molar-refractivity contribution in [3.63, 3.8) is 0 Å². The number of alkyl halides is 1. The Labute approximate surface area is 119 Å². The van der Waals surface area contributed by atoms with Crippen molar-refractivity contribution in [1.82, 2.24) is 0 Å². The highest BCUT2D eigenvalue weighted by Gasteiger charge is 2.26. The van der Waals surface area contributed by atoms with E-state index in [1.165, 1.54) is 49.8 Å². The summed E-state index contributed by atoms with van der Waals surface area (Å²) in [5.41, 5.74) is 1.54. The fourth-order valence-electron chi connectivity index (χ4n) is 3.31. The summed E-state index contributed by atoms with van der Waals surface area (Å²) in [6, 6.07) is 8.84. The van der Waals surface area contributed by atoms with Gasteiger partial charge in [-0.2, -0.15) is 0 Å². The maximum atomic E-state index is 6.57. The lowest BCUT2D eigenvalue weighted by atomic mass is 9.98. The van der Waals surface area contributed by atoms with Crippen LogP contribution >= 0.6 is 23.4 Å². The fraction of sp³-hybridized carbons (Fsp3) is 0.625. The molecule has 0 N–H and O–H groups in total. The first-order chi connectivity index (χ1) is 8.83. The summed E-state index contributed by atoms with van der Waals surface area (Å²) in [5.74, 6) is 0.806. The number of hydrogen-bond acceptors (Lipinski definition) is 1. The Morgan fingerprint density at radius 2 is 2.00 bits per heavy atom. The van der Waals surface area contributed by atoms with Crippen molar-refractivity contribution in [2.75, 3.05) is 0 Å². The van der Waals surface area contributed by atoms with Gasteiger partial charge in [0.1, 0.15) is 0 Å². The van der Waals surface area contributed by atoms with Gasteiger partial charge in [0, 0.05) is 15.5 Å². The van der Waals surface area contributed by atoms with E-state index in [1.54, 1.807) is 5.56 Å². The molecule has 1 aromatic carbocycles. The third-order valence-corrected chi connectivity index (χ3v) is 6.35. The number of hydrogen-bond donors (Lipinski definition) is 0. The highest BCUT2D eigenvalue weighted by molar-refractivity contribution is 8.00. The first kappa shape index (κ1) is 12.9. The molecule has 18 heavy (non-hydrogen) atoms. The molecule has 2 heteroatoms. The summed E-state index contributed by atoms with van der Waals surface area (Å²) >= 11 is 8.63. The summed E-state index contributed by atoms with van der Waals surface area (Å²) in [6.45, 7) is 0. The number of thioether (sulfide) groups is 1. The molecule has 0 nitrogen and oxygen atoms in total. The largest absolute Gasteiger partial charge is 0.123 e. The lowest BCUT2D eigenvalue weighted by Crippen LogP contribution is -2.14. The van der Waals surface area contributed by atoms with Crippen LogP contribution in [0.5, 0.6) is 0 Å². The van der Waals surface area contributed by atoms with E-state index >= 15 is 0 Å². The average molecular weight is 281 g/mol. The van der Waals surface area contributed by atoms with E-state index in [0.29, 0.717) is 5.38 Å². The normalized spacial score (nSPS) is 25.3. The van der Waals surface area contributed by atoms with Crippen molar-refractivity contribution < 1.29 is 0 Å². The van der Waals surface area contributed by atoms with Crippen LogP contribution in [-0.2, 0) is 6.42 Å². The Hall–Kier alpha value is -0.140. The van der Waals surface area contributed by atoms with Crippen LogP contribution in [0.3, 0.4) is 0 Å². The predicted octanol–water partition coefficient (Wildman–Crippen LogP) is 5.28. The molecule has 2 unspecified atom stereocenters. The Morgan fingerprint density at radius 3 is 2.78 bits per heavy atom.